The number of carbonyl (C=O) groups is 2. The number of nitrogens with two attached hydrogens (primary N) is 1. The van der Waals surface area contributed by atoms with E-state index in [2.05, 4.69) is 5.32 Å². The van der Waals surface area contributed by atoms with Crippen molar-refractivity contribution in [1.82, 2.24) is 5.32 Å². The van der Waals surface area contributed by atoms with Gasteiger partial charge in [0.05, 0.1) is 5.92 Å². The van der Waals surface area contributed by atoms with E-state index in [0.29, 0.717) is 13.0 Å². The van der Waals surface area contributed by atoms with Crippen LogP contribution in [0.3, 0.4) is 0 Å². The molecule has 0 bridgehead atoms. The van der Waals surface area contributed by atoms with E-state index in [-0.39, 0.29) is 17.7 Å². The first-order valence-electron chi connectivity index (χ1n) is 4.14. The van der Waals surface area contributed by atoms with Gasteiger partial charge in [-0.1, -0.05) is 13.8 Å². The fourth-order valence-electron chi connectivity index (χ4n) is 0.683. The van der Waals surface area contributed by atoms with Crippen LogP contribution in [0.5, 0.6) is 0 Å². The van der Waals surface area contributed by atoms with E-state index in [1.165, 1.54) is 0 Å². The number of amides is 2. The molecule has 4 heteroatoms. The number of hydrogen-bond acceptors (Lipinski definition) is 2. The molecule has 0 aliphatic carbocycles. The van der Waals surface area contributed by atoms with E-state index in [1.54, 1.807) is 6.92 Å². The second kappa shape index (κ2) is 5.57. The average molecular weight is 172 g/mol. The molecular formula is C8H16N2O2. The minimum Gasteiger partial charge on any atom is -0.369 e. The zero-order valence-electron chi connectivity index (χ0n) is 7.59. The normalized spacial score (nSPS) is 12.2. The lowest BCUT2D eigenvalue weighted by atomic mass is 10.1. The van der Waals surface area contributed by atoms with Crippen LogP contribution in [0.25, 0.3) is 0 Å². The SMILES string of the molecule is CCCC(=O)NCC(C)C(N)=O. The molecule has 0 fully saturated rings. The highest BCUT2D eigenvalue weighted by Crippen LogP contribution is 1.91. The van der Waals surface area contributed by atoms with Gasteiger partial charge in [-0.3, -0.25) is 9.59 Å². The number of primary amides is 1. The number of nitrogens with one attached hydrogen (secondary N) is 1. The fraction of sp³-hybridized carbons (Fsp3) is 0.750. The van der Waals surface area contributed by atoms with E-state index in [1.807, 2.05) is 6.92 Å². The van der Waals surface area contributed by atoms with Crippen LogP contribution in [0.15, 0.2) is 0 Å². The van der Waals surface area contributed by atoms with E-state index < -0.39 is 0 Å². The Balaban J connectivity index is 3.54. The molecule has 1 unspecified atom stereocenters. The first-order chi connectivity index (χ1) is 5.57. The molecule has 0 saturated carbocycles. The minimum absolute atomic E-state index is 0.0226. The first-order valence-corrected chi connectivity index (χ1v) is 4.14. The van der Waals surface area contributed by atoms with Crippen molar-refractivity contribution in [3.63, 3.8) is 0 Å². The van der Waals surface area contributed by atoms with E-state index in [4.69, 9.17) is 5.73 Å². The highest BCUT2D eigenvalue weighted by molar-refractivity contribution is 5.79. The molecular weight excluding hydrogens is 156 g/mol. The van der Waals surface area contributed by atoms with E-state index in [9.17, 15) is 9.59 Å². The zero-order valence-corrected chi connectivity index (χ0v) is 7.59. The fourth-order valence-corrected chi connectivity index (χ4v) is 0.683. The predicted octanol–water partition coefficient (Wildman–Crippen LogP) is 0.0241. The number of rotatable bonds is 5. The van der Waals surface area contributed by atoms with E-state index >= 15 is 0 Å². The third-order valence-electron chi connectivity index (χ3n) is 1.57. The Morgan fingerprint density at radius 3 is 2.50 bits per heavy atom. The molecule has 1 atom stereocenters. The van der Waals surface area contributed by atoms with Gasteiger partial charge in [0.15, 0.2) is 0 Å². The lowest BCUT2D eigenvalue weighted by molar-refractivity contribution is -0.123. The summed E-state index contributed by atoms with van der Waals surface area (Å²) in [5, 5.41) is 2.62. The van der Waals surface area contributed by atoms with Crippen LogP contribution in [0.1, 0.15) is 26.7 Å². The van der Waals surface area contributed by atoms with Gasteiger partial charge >= 0.3 is 0 Å². The summed E-state index contributed by atoms with van der Waals surface area (Å²) in [6.07, 6.45) is 1.32. The van der Waals surface area contributed by atoms with Gasteiger partial charge in [-0.2, -0.15) is 0 Å². The topological polar surface area (TPSA) is 72.2 Å². The van der Waals surface area contributed by atoms with Crippen LogP contribution in [0.4, 0.5) is 0 Å². The van der Waals surface area contributed by atoms with Crippen molar-refractivity contribution in [1.29, 1.82) is 0 Å². The Labute approximate surface area is 72.5 Å². The lowest BCUT2D eigenvalue weighted by Gasteiger charge is -2.07. The van der Waals surface area contributed by atoms with Crippen LogP contribution in [-0.4, -0.2) is 18.4 Å². The van der Waals surface area contributed by atoms with Gasteiger partial charge in [0, 0.05) is 13.0 Å². The van der Waals surface area contributed by atoms with E-state index in [0.717, 1.165) is 6.42 Å². The summed E-state index contributed by atoms with van der Waals surface area (Å²) >= 11 is 0. The van der Waals surface area contributed by atoms with Gasteiger partial charge in [0.25, 0.3) is 0 Å². The molecule has 70 valence electrons. The molecule has 3 N–H and O–H groups in total. The van der Waals surface area contributed by atoms with Crippen LogP contribution >= 0.6 is 0 Å². The highest BCUT2D eigenvalue weighted by atomic mass is 16.2. The Hall–Kier alpha value is -1.06. The van der Waals surface area contributed by atoms with Crippen LogP contribution in [0.2, 0.25) is 0 Å². The second-order valence-electron chi connectivity index (χ2n) is 2.86. The second-order valence-corrected chi connectivity index (χ2v) is 2.86. The molecule has 0 aliphatic heterocycles. The van der Waals surface area contributed by atoms with Crippen LogP contribution < -0.4 is 11.1 Å². The molecule has 2 amide bonds. The van der Waals surface area contributed by atoms with Gasteiger partial charge in [0.1, 0.15) is 0 Å². The van der Waals surface area contributed by atoms with Gasteiger partial charge in [-0.25, -0.2) is 0 Å². The van der Waals surface area contributed by atoms with Crippen molar-refractivity contribution in [3.8, 4) is 0 Å². The molecule has 4 nitrogen and oxygen atoms in total. The molecule has 0 spiro atoms. The molecule has 0 heterocycles. The predicted molar refractivity (Wildman–Crippen MR) is 46.3 cm³/mol. The van der Waals surface area contributed by atoms with Crippen LogP contribution in [0, 0.1) is 5.92 Å². The van der Waals surface area contributed by atoms with Gasteiger partial charge in [-0.05, 0) is 6.42 Å². The maximum atomic E-state index is 10.9. The Morgan fingerprint density at radius 2 is 2.08 bits per heavy atom. The van der Waals surface area contributed by atoms with Crippen molar-refractivity contribution in [3.05, 3.63) is 0 Å². The largest absolute Gasteiger partial charge is 0.369 e. The monoisotopic (exact) mass is 172 g/mol. The van der Waals surface area contributed by atoms with Crippen molar-refractivity contribution in [2.24, 2.45) is 11.7 Å². The summed E-state index contributed by atoms with van der Waals surface area (Å²) in [6, 6.07) is 0. The van der Waals surface area contributed by atoms with Gasteiger partial charge < -0.3 is 11.1 Å². The summed E-state index contributed by atoms with van der Waals surface area (Å²) < 4.78 is 0. The Kier molecular flexibility index (Phi) is 5.08. The number of hydrogen-bond donors (Lipinski definition) is 2. The smallest absolute Gasteiger partial charge is 0.222 e. The van der Waals surface area contributed by atoms with Crippen molar-refractivity contribution < 1.29 is 9.59 Å². The first kappa shape index (κ1) is 10.9. The summed E-state index contributed by atoms with van der Waals surface area (Å²) in [6.45, 7) is 3.96. The van der Waals surface area contributed by atoms with Crippen LogP contribution in [-0.2, 0) is 9.59 Å². The maximum Gasteiger partial charge on any atom is 0.222 e. The Morgan fingerprint density at radius 1 is 1.50 bits per heavy atom. The molecule has 0 radical (unpaired) electrons. The molecule has 0 aromatic carbocycles. The van der Waals surface area contributed by atoms with Crippen molar-refractivity contribution in [2.45, 2.75) is 26.7 Å². The van der Waals surface area contributed by atoms with Gasteiger partial charge in [0.2, 0.25) is 11.8 Å². The summed E-state index contributed by atoms with van der Waals surface area (Å²) in [7, 11) is 0. The molecule has 0 rings (SSSR count). The summed E-state index contributed by atoms with van der Waals surface area (Å²) in [5.41, 5.74) is 5.01. The average Bonchev–Trinajstić information content (AvgIpc) is 2.00. The third-order valence-corrected chi connectivity index (χ3v) is 1.57. The molecule has 0 aromatic heterocycles. The molecule has 0 aliphatic rings. The summed E-state index contributed by atoms with van der Waals surface area (Å²) in [4.78, 5) is 21.4. The minimum atomic E-state index is -0.383. The number of carbonyl (C=O) groups excluding carboxylic acids is 2. The maximum absolute atomic E-state index is 10.9. The third kappa shape index (κ3) is 4.71. The molecule has 12 heavy (non-hydrogen) atoms. The lowest BCUT2D eigenvalue weighted by Crippen LogP contribution is -2.34. The molecule has 0 saturated heterocycles. The van der Waals surface area contributed by atoms with Gasteiger partial charge in [-0.15, -0.1) is 0 Å². The molecule has 0 aromatic rings. The highest BCUT2D eigenvalue weighted by Gasteiger charge is 2.09. The standard InChI is InChI=1S/C8H16N2O2/c1-3-4-7(11)10-5-6(2)8(9)12/h6H,3-5H2,1-2H3,(H2,9,12)(H,10,11). The Bertz CT molecular complexity index is 168. The summed E-state index contributed by atoms with van der Waals surface area (Å²) in [5.74, 6) is -0.691. The zero-order chi connectivity index (χ0) is 9.56. The van der Waals surface area contributed by atoms with Crippen molar-refractivity contribution in [2.75, 3.05) is 6.54 Å². The quantitative estimate of drug-likeness (QED) is 0.613. The van der Waals surface area contributed by atoms with Crippen molar-refractivity contribution >= 4 is 11.8 Å².